The minimum Gasteiger partial charge on any atom is -0.497 e. The standard InChI is InChI=1S/C28H37ClN2O3Si/c1-6-7-8-9-16-35(4,5)19-30-27(32)18-24-20(2)31(26-15-14-23(34-3)17-25(24)26)28(33)21-10-12-22(29)13-11-21/h10-15,17H,6-9,16,18-19H2,1-5H3,(H,30,32). The number of benzene rings is 2. The Morgan fingerprint density at radius 3 is 2.43 bits per heavy atom. The van der Waals surface area contributed by atoms with Crippen molar-refractivity contribution >= 4 is 42.4 Å². The Kier molecular flexibility index (Phi) is 9.19. The predicted molar refractivity (Wildman–Crippen MR) is 148 cm³/mol. The van der Waals surface area contributed by atoms with Gasteiger partial charge in [0.05, 0.1) is 27.1 Å². The van der Waals surface area contributed by atoms with Crippen LogP contribution in [0.3, 0.4) is 0 Å². The van der Waals surface area contributed by atoms with Gasteiger partial charge < -0.3 is 10.1 Å². The molecule has 3 aromatic rings. The fourth-order valence-corrected chi connectivity index (χ4v) is 6.66. The number of methoxy groups -OCH3 is 1. The van der Waals surface area contributed by atoms with E-state index < -0.39 is 8.07 Å². The third-order valence-corrected chi connectivity index (χ3v) is 9.74. The van der Waals surface area contributed by atoms with E-state index >= 15 is 0 Å². The van der Waals surface area contributed by atoms with Crippen LogP contribution in [0.25, 0.3) is 10.9 Å². The molecule has 0 unspecified atom stereocenters. The lowest BCUT2D eigenvalue weighted by atomic mass is 10.1. The highest BCUT2D eigenvalue weighted by atomic mass is 35.5. The molecule has 188 valence electrons. The predicted octanol–water partition coefficient (Wildman–Crippen LogP) is 6.79. The van der Waals surface area contributed by atoms with Gasteiger partial charge in [-0.3, -0.25) is 14.2 Å². The molecular weight excluding hydrogens is 476 g/mol. The van der Waals surface area contributed by atoms with Gasteiger partial charge in [0.15, 0.2) is 0 Å². The fourth-order valence-electron chi connectivity index (χ4n) is 4.48. The molecule has 1 heterocycles. The number of nitrogens with zero attached hydrogens (tertiary/aromatic N) is 1. The molecule has 1 aromatic heterocycles. The van der Waals surface area contributed by atoms with Crippen LogP contribution in [0.4, 0.5) is 0 Å². The van der Waals surface area contributed by atoms with E-state index in [4.69, 9.17) is 16.3 Å². The molecule has 1 amide bonds. The Bertz CT molecular complexity index is 1190. The summed E-state index contributed by atoms with van der Waals surface area (Å²) in [5.41, 5.74) is 2.91. The van der Waals surface area contributed by atoms with E-state index in [0.29, 0.717) is 16.3 Å². The molecule has 0 bridgehead atoms. The van der Waals surface area contributed by atoms with Crippen molar-refractivity contribution in [1.82, 2.24) is 9.88 Å². The second kappa shape index (κ2) is 11.9. The van der Waals surface area contributed by atoms with Gasteiger partial charge in [0.1, 0.15) is 5.75 Å². The molecule has 2 aromatic carbocycles. The normalized spacial score (nSPS) is 11.6. The lowest BCUT2D eigenvalue weighted by Crippen LogP contribution is -2.42. The summed E-state index contributed by atoms with van der Waals surface area (Å²) >= 11 is 6.01. The minimum atomic E-state index is -1.50. The lowest BCUT2D eigenvalue weighted by Gasteiger charge is -2.22. The second-order valence-corrected chi connectivity index (χ2v) is 15.6. The van der Waals surface area contributed by atoms with Gasteiger partial charge in [-0.25, -0.2) is 0 Å². The summed E-state index contributed by atoms with van der Waals surface area (Å²) in [6.45, 7) is 8.80. The first-order valence-corrected chi connectivity index (χ1v) is 16.2. The number of halogens is 1. The molecule has 0 atom stereocenters. The highest BCUT2D eigenvalue weighted by Gasteiger charge is 2.24. The van der Waals surface area contributed by atoms with Crippen LogP contribution in [0, 0.1) is 6.92 Å². The first-order chi connectivity index (χ1) is 16.7. The lowest BCUT2D eigenvalue weighted by molar-refractivity contribution is -0.120. The molecule has 0 saturated heterocycles. The molecule has 0 radical (unpaired) electrons. The van der Waals surface area contributed by atoms with E-state index in [1.807, 2.05) is 25.1 Å². The van der Waals surface area contributed by atoms with Gasteiger partial charge >= 0.3 is 0 Å². The maximum absolute atomic E-state index is 13.4. The number of fused-ring (bicyclic) bond motifs is 1. The first-order valence-electron chi connectivity index (χ1n) is 12.4. The van der Waals surface area contributed by atoms with E-state index in [0.717, 1.165) is 28.3 Å². The number of aromatic nitrogens is 1. The van der Waals surface area contributed by atoms with Crippen molar-refractivity contribution in [3.63, 3.8) is 0 Å². The Balaban J connectivity index is 1.85. The average Bonchev–Trinajstić information content (AvgIpc) is 3.11. The van der Waals surface area contributed by atoms with Crippen molar-refractivity contribution in [3.8, 4) is 5.75 Å². The van der Waals surface area contributed by atoms with Crippen molar-refractivity contribution in [2.75, 3.05) is 13.3 Å². The van der Waals surface area contributed by atoms with Crippen LogP contribution >= 0.6 is 11.6 Å². The number of hydrogen-bond donors (Lipinski definition) is 1. The molecule has 0 fully saturated rings. The maximum atomic E-state index is 13.4. The third kappa shape index (κ3) is 6.76. The number of rotatable bonds is 11. The van der Waals surface area contributed by atoms with Crippen LogP contribution in [0.15, 0.2) is 42.5 Å². The number of carbonyl (C=O) groups excluding carboxylic acids is 2. The Labute approximate surface area is 214 Å². The van der Waals surface area contributed by atoms with Gasteiger partial charge in [-0.1, -0.05) is 63.3 Å². The SMILES string of the molecule is CCCCCC[Si](C)(C)CNC(=O)Cc1c(C)n(C(=O)c2ccc(Cl)cc2)c2ccc(OC)cc12. The number of amides is 1. The maximum Gasteiger partial charge on any atom is 0.262 e. The average molecular weight is 513 g/mol. The number of carbonyl (C=O) groups is 2. The largest absolute Gasteiger partial charge is 0.497 e. The van der Waals surface area contributed by atoms with E-state index in [9.17, 15) is 9.59 Å². The van der Waals surface area contributed by atoms with Crippen LogP contribution < -0.4 is 10.1 Å². The number of hydrogen-bond acceptors (Lipinski definition) is 3. The summed E-state index contributed by atoms with van der Waals surface area (Å²) < 4.78 is 7.12. The highest BCUT2D eigenvalue weighted by Crippen LogP contribution is 2.31. The van der Waals surface area contributed by atoms with E-state index in [1.54, 1.807) is 35.9 Å². The summed E-state index contributed by atoms with van der Waals surface area (Å²) in [7, 11) is 0.116. The van der Waals surface area contributed by atoms with E-state index in [-0.39, 0.29) is 18.2 Å². The summed E-state index contributed by atoms with van der Waals surface area (Å²) in [5, 5.41) is 4.63. The van der Waals surface area contributed by atoms with Crippen molar-refractivity contribution in [2.45, 2.75) is 65.1 Å². The molecule has 1 N–H and O–H groups in total. The second-order valence-electron chi connectivity index (χ2n) is 10.0. The number of nitrogens with one attached hydrogen (secondary N) is 1. The zero-order chi connectivity index (χ0) is 25.6. The third-order valence-electron chi connectivity index (χ3n) is 6.64. The van der Waals surface area contributed by atoms with Crippen molar-refractivity contribution in [1.29, 1.82) is 0 Å². The van der Waals surface area contributed by atoms with Crippen molar-refractivity contribution < 1.29 is 14.3 Å². The Hall–Kier alpha value is -2.57. The molecule has 5 nitrogen and oxygen atoms in total. The summed E-state index contributed by atoms with van der Waals surface area (Å²) in [6, 6.07) is 13.7. The molecule has 7 heteroatoms. The molecular formula is C28H37ClN2O3Si. The smallest absolute Gasteiger partial charge is 0.262 e. The van der Waals surface area contributed by atoms with Gasteiger partial charge in [-0.05, 0) is 55.0 Å². The molecule has 0 aliphatic heterocycles. The minimum absolute atomic E-state index is 0.0111. The quantitative estimate of drug-likeness (QED) is 0.227. The van der Waals surface area contributed by atoms with Gasteiger partial charge in [-0.2, -0.15) is 0 Å². The Morgan fingerprint density at radius 1 is 1.06 bits per heavy atom. The first kappa shape index (κ1) is 27.0. The van der Waals surface area contributed by atoms with Crippen LogP contribution in [0.2, 0.25) is 24.2 Å². The number of unbranched alkanes of at least 4 members (excludes halogenated alkanes) is 3. The van der Waals surface area contributed by atoms with E-state index in [2.05, 4.69) is 25.3 Å². The molecule has 0 aliphatic carbocycles. The van der Waals surface area contributed by atoms with Gasteiger partial charge in [-0.15, -0.1) is 0 Å². The molecule has 0 spiro atoms. The van der Waals surface area contributed by atoms with Crippen LogP contribution in [-0.4, -0.2) is 37.7 Å². The zero-order valence-corrected chi connectivity index (χ0v) is 23.3. The van der Waals surface area contributed by atoms with Gasteiger partial charge in [0.2, 0.25) is 5.91 Å². The van der Waals surface area contributed by atoms with Gasteiger partial charge in [0.25, 0.3) is 5.91 Å². The van der Waals surface area contributed by atoms with Crippen LogP contribution in [0.5, 0.6) is 5.75 Å². The Morgan fingerprint density at radius 2 is 1.77 bits per heavy atom. The number of ether oxygens (including phenoxy) is 1. The van der Waals surface area contributed by atoms with Crippen molar-refractivity contribution in [2.24, 2.45) is 0 Å². The van der Waals surface area contributed by atoms with Crippen molar-refractivity contribution in [3.05, 3.63) is 64.3 Å². The summed E-state index contributed by atoms with van der Waals surface area (Å²) in [6.07, 6.45) is 6.00. The van der Waals surface area contributed by atoms with Gasteiger partial charge in [0, 0.05) is 27.8 Å². The molecule has 35 heavy (non-hydrogen) atoms. The van der Waals surface area contributed by atoms with E-state index in [1.165, 1.54) is 31.7 Å². The summed E-state index contributed by atoms with van der Waals surface area (Å²) in [5.74, 6) is 0.528. The summed E-state index contributed by atoms with van der Waals surface area (Å²) in [4.78, 5) is 26.5. The molecule has 0 aliphatic rings. The van der Waals surface area contributed by atoms with Crippen LogP contribution in [-0.2, 0) is 11.2 Å². The fraction of sp³-hybridized carbons (Fsp3) is 0.429. The zero-order valence-electron chi connectivity index (χ0n) is 21.5. The highest BCUT2D eigenvalue weighted by molar-refractivity contribution is 6.77. The molecule has 0 saturated carbocycles. The van der Waals surface area contributed by atoms with Crippen LogP contribution in [0.1, 0.15) is 54.2 Å². The molecule has 3 rings (SSSR count). The monoisotopic (exact) mass is 512 g/mol. The topological polar surface area (TPSA) is 60.3 Å².